The van der Waals surface area contributed by atoms with Crippen LogP contribution in [0.5, 0.6) is 0 Å². The van der Waals surface area contributed by atoms with Crippen molar-refractivity contribution in [3.05, 3.63) is 34.1 Å². The highest BCUT2D eigenvalue weighted by molar-refractivity contribution is 9.10. The maximum Gasteiger partial charge on any atom is 0.227 e. The molecule has 20 heavy (non-hydrogen) atoms. The maximum atomic E-state index is 13.2. The second-order valence-corrected chi connectivity index (χ2v) is 6.38. The van der Waals surface area contributed by atoms with E-state index >= 15 is 0 Å². The van der Waals surface area contributed by atoms with Gasteiger partial charge in [-0.2, -0.15) is 0 Å². The first kappa shape index (κ1) is 15.4. The Bertz CT molecular complexity index is 493. The predicted octanol–water partition coefficient (Wildman–Crippen LogP) is 2.72. The van der Waals surface area contributed by atoms with Gasteiger partial charge in [-0.25, -0.2) is 4.39 Å². The van der Waals surface area contributed by atoms with Gasteiger partial charge in [0, 0.05) is 19.1 Å². The average Bonchev–Trinajstić information content (AvgIpc) is 2.43. The van der Waals surface area contributed by atoms with Crippen molar-refractivity contribution in [2.45, 2.75) is 32.2 Å². The van der Waals surface area contributed by atoms with E-state index in [2.05, 4.69) is 15.9 Å². The Hall–Kier alpha value is -0.940. The molecule has 1 amide bonds. The molecule has 0 aromatic heterocycles. The second kappa shape index (κ2) is 6.68. The smallest absolute Gasteiger partial charge is 0.227 e. The van der Waals surface area contributed by atoms with Gasteiger partial charge in [0.1, 0.15) is 5.82 Å². The van der Waals surface area contributed by atoms with Crippen LogP contribution in [0.15, 0.2) is 22.7 Å². The molecule has 0 saturated carbocycles. The van der Waals surface area contributed by atoms with Crippen molar-refractivity contribution in [2.24, 2.45) is 11.7 Å². The van der Waals surface area contributed by atoms with E-state index in [1.54, 1.807) is 12.1 Å². The molecule has 3 nitrogen and oxygen atoms in total. The van der Waals surface area contributed by atoms with E-state index in [-0.39, 0.29) is 17.8 Å². The van der Waals surface area contributed by atoms with Crippen LogP contribution in [0.2, 0.25) is 0 Å². The van der Waals surface area contributed by atoms with Crippen molar-refractivity contribution < 1.29 is 9.18 Å². The molecule has 1 fully saturated rings. The quantitative estimate of drug-likeness (QED) is 0.917. The molecule has 2 N–H and O–H groups in total. The molecule has 5 heteroatoms. The number of nitrogens with zero attached hydrogens (tertiary/aromatic N) is 1. The Morgan fingerprint density at radius 2 is 2.35 bits per heavy atom. The Labute approximate surface area is 127 Å². The van der Waals surface area contributed by atoms with Gasteiger partial charge in [0.25, 0.3) is 0 Å². The first-order valence-electron chi connectivity index (χ1n) is 6.94. The lowest BCUT2D eigenvalue weighted by atomic mass is 9.92. The summed E-state index contributed by atoms with van der Waals surface area (Å²) in [5.74, 6) is 0.165. The molecule has 1 heterocycles. The van der Waals surface area contributed by atoms with Crippen LogP contribution in [0, 0.1) is 11.7 Å². The number of likely N-dealkylation sites (tertiary alicyclic amines) is 1. The number of halogens is 2. The normalized spacial score (nSPS) is 20.8. The van der Waals surface area contributed by atoms with Crippen molar-refractivity contribution >= 4 is 21.8 Å². The molecule has 2 atom stereocenters. The number of piperidine rings is 1. The van der Waals surface area contributed by atoms with E-state index in [4.69, 9.17) is 5.73 Å². The van der Waals surface area contributed by atoms with Crippen LogP contribution in [0.25, 0.3) is 0 Å². The number of carbonyl (C=O) groups is 1. The summed E-state index contributed by atoms with van der Waals surface area (Å²) in [6.45, 7) is 3.53. The topological polar surface area (TPSA) is 46.3 Å². The summed E-state index contributed by atoms with van der Waals surface area (Å²) < 4.78 is 13.6. The SMILES string of the molecule is C[C@H](N)[C@H]1CCCN(C(=O)Cc2ccc(F)c(Br)c2)C1. The summed E-state index contributed by atoms with van der Waals surface area (Å²) in [6.07, 6.45) is 2.40. The number of amides is 1. The lowest BCUT2D eigenvalue weighted by molar-refractivity contribution is -0.132. The second-order valence-electron chi connectivity index (χ2n) is 5.53. The number of hydrogen-bond acceptors (Lipinski definition) is 2. The van der Waals surface area contributed by atoms with Crippen molar-refractivity contribution in [3.8, 4) is 0 Å². The largest absolute Gasteiger partial charge is 0.342 e. The zero-order valence-corrected chi connectivity index (χ0v) is 13.2. The summed E-state index contributed by atoms with van der Waals surface area (Å²) in [5, 5.41) is 0. The van der Waals surface area contributed by atoms with Crippen LogP contribution in [0.3, 0.4) is 0 Å². The summed E-state index contributed by atoms with van der Waals surface area (Å²) >= 11 is 3.14. The van der Waals surface area contributed by atoms with Gasteiger partial charge >= 0.3 is 0 Å². The van der Waals surface area contributed by atoms with Gasteiger partial charge in [0.15, 0.2) is 0 Å². The fourth-order valence-corrected chi connectivity index (χ4v) is 3.03. The Kier molecular flexibility index (Phi) is 5.16. The van der Waals surface area contributed by atoms with Gasteiger partial charge in [-0.05, 0) is 59.3 Å². The molecular weight excluding hydrogens is 323 g/mol. The van der Waals surface area contributed by atoms with E-state index in [0.717, 1.165) is 31.5 Å². The molecule has 2 rings (SSSR count). The standard InChI is InChI=1S/C15H20BrFN2O/c1-10(18)12-3-2-6-19(9-12)15(20)8-11-4-5-14(17)13(16)7-11/h4-5,7,10,12H,2-3,6,8-9,18H2,1H3/t10-,12-/m0/s1. The molecule has 0 radical (unpaired) electrons. The van der Waals surface area contributed by atoms with Gasteiger partial charge < -0.3 is 10.6 Å². The Morgan fingerprint density at radius 1 is 1.60 bits per heavy atom. The highest BCUT2D eigenvalue weighted by atomic mass is 79.9. The molecule has 0 unspecified atom stereocenters. The number of nitrogens with two attached hydrogens (primary N) is 1. The van der Waals surface area contributed by atoms with Crippen LogP contribution < -0.4 is 5.73 Å². The van der Waals surface area contributed by atoms with Gasteiger partial charge in [0.05, 0.1) is 10.9 Å². The monoisotopic (exact) mass is 342 g/mol. The molecule has 1 aromatic rings. The molecule has 1 saturated heterocycles. The lowest BCUT2D eigenvalue weighted by Crippen LogP contribution is -2.45. The Morgan fingerprint density at radius 3 is 3.00 bits per heavy atom. The van der Waals surface area contributed by atoms with Crippen LogP contribution in [-0.4, -0.2) is 29.9 Å². The first-order chi connectivity index (χ1) is 9.47. The summed E-state index contributed by atoms with van der Waals surface area (Å²) in [5.41, 5.74) is 6.76. The third-order valence-electron chi connectivity index (χ3n) is 3.89. The molecule has 0 bridgehead atoms. The summed E-state index contributed by atoms with van der Waals surface area (Å²) in [7, 11) is 0. The summed E-state index contributed by atoms with van der Waals surface area (Å²) in [4.78, 5) is 14.2. The molecule has 0 spiro atoms. The van der Waals surface area contributed by atoms with E-state index in [1.807, 2.05) is 11.8 Å². The third-order valence-corrected chi connectivity index (χ3v) is 4.50. The van der Waals surface area contributed by atoms with Gasteiger partial charge in [-0.15, -0.1) is 0 Å². The van der Waals surface area contributed by atoms with E-state index < -0.39 is 0 Å². The van der Waals surface area contributed by atoms with Crippen molar-refractivity contribution in [1.82, 2.24) is 4.90 Å². The molecule has 0 aliphatic carbocycles. The van der Waals surface area contributed by atoms with E-state index in [9.17, 15) is 9.18 Å². The zero-order chi connectivity index (χ0) is 14.7. The van der Waals surface area contributed by atoms with Crippen LogP contribution in [0.4, 0.5) is 4.39 Å². The molecule has 1 aliphatic rings. The van der Waals surface area contributed by atoms with E-state index in [1.165, 1.54) is 6.07 Å². The van der Waals surface area contributed by atoms with Crippen LogP contribution in [0.1, 0.15) is 25.3 Å². The number of benzene rings is 1. The highest BCUT2D eigenvalue weighted by Crippen LogP contribution is 2.21. The van der Waals surface area contributed by atoms with Gasteiger partial charge in [0.2, 0.25) is 5.91 Å². The lowest BCUT2D eigenvalue weighted by Gasteiger charge is -2.34. The molecular formula is C15H20BrFN2O. The third kappa shape index (κ3) is 3.79. The van der Waals surface area contributed by atoms with Crippen LogP contribution in [-0.2, 0) is 11.2 Å². The van der Waals surface area contributed by atoms with Gasteiger partial charge in [-0.3, -0.25) is 4.79 Å². The number of hydrogen-bond donors (Lipinski definition) is 1. The Balaban J connectivity index is 1.98. The van der Waals surface area contributed by atoms with Gasteiger partial charge in [-0.1, -0.05) is 6.07 Å². The molecule has 1 aromatic carbocycles. The zero-order valence-electron chi connectivity index (χ0n) is 11.6. The maximum absolute atomic E-state index is 13.2. The fourth-order valence-electron chi connectivity index (χ4n) is 2.60. The van der Waals surface area contributed by atoms with Crippen LogP contribution >= 0.6 is 15.9 Å². The fraction of sp³-hybridized carbons (Fsp3) is 0.533. The van der Waals surface area contributed by atoms with Crippen molar-refractivity contribution in [2.75, 3.05) is 13.1 Å². The minimum absolute atomic E-state index is 0.0915. The molecule has 110 valence electrons. The number of carbonyl (C=O) groups excluding carboxylic acids is 1. The van der Waals surface area contributed by atoms with E-state index in [0.29, 0.717) is 16.8 Å². The summed E-state index contributed by atoms with van der Waals surface area (Å²) in [6, 6.07) is 4.82. The van der Waals surface area contributed by atoms with Crippen molar-refractivity contribution in [1.29, 1.82) is 0 Å². The molecule has 1 aliphatic heterocycles. The highest BCUT2D eigenvalue weighted by Gasteiger charge is 2.25. The minimum atomic E-state index is -0.309. The predicted molar refractivity (Wildman–Crippen MR) is 80.8 cm³/mol. The van der Waals surface area contributed by atoms with Crippen molar-refractivity contribution in [3.63, 3.8) is 0 Å². The first-order valence-corrected chi connectivity index (χ1v) is 7.74. The minimum Gasteiger partial charge on any atom is -0.342 e. The average molecular weight is 343 g/mol. The number of rotatable bonds is 3.